The average Bonchev–Trinajstić information content (AvgIpc) is 2.47. The topological polar surface area (TPSA) is 82.8 Å². The molecule has 0 aromatic carbocycles. The van der Waals surface area contributed by atoms with Crippen molar-refractivity contribution in [3.63, 3.8) is 0 Å². The molecule has 0 bridgehead atoms. The highest BCUT2D eigenvalue weighted by Crippen LogP contribution is 2.23. The van der Waals surface area contributed by atoms with E-state index in [1.807, 2.05) is 0 Å². The van der Waals surface area contributed by atoms with E-state index in [0.717, 1.165) is 13.1 Å². The van der Waals surface area contributed by atoms with Crippen LogP contribution in [-0.4, -0.2) is 31.8 Å². The maximum Gasteiger partial charge on any atom is 0.137 e. The minimum atomic E-state index is -2.89. The van der Waals surface area contributed by atoms with Crippen molar-refractivity contribution in [2.24, 2.45) is 0 Å². The second-order valence-corrected chi connectivity index (χ2v) is 7.78. The van der Waals surface area contributed by atoms with E-state index in [4.69, 9.17) is 4.78 Å². The number of nitrogens with one attached hydrogen (secondary N) is 3. The Hall–Kier alpha value is -1.08. The molecular weight excluding hydrogens is 238 g/mol. The molecule has 17 heavy (non-hydrogen) atoms. The van der Waals surface area contributed by atoms with Gasteiger partial charge in [0.25, 0.3) is 0 Å². The molecule has 0 spiro atoms. The van der Waals surface area contributed by atoms with Crippen molar-refractivity contribution in [3.8, 4) is 0 Å². The van der Waals surface area contributed by atoms with Crippen LogP contribution >= 0.6 is 0 Å². The lowest BCUT2D eigenvalue weighted by Gasteiger charge is -2.30. The zero-order valence-electron chi connectivity index (χ0n) is 10.4. The Balaban J connectivity index is 2.22. The van der Waals surface area contributed by atoms with Crippen LogP contribution in [0.25, 0.3) is 0 Å². The van der Waals surface area contributed by atoms with Crippen LogP contribution in [0.1, 0.15) is 26.8 Å². The highest BCUT2D eigenvalue weighted by atomic mass is 32.2. The highest BCUT2D eigenvalue weighted by Gasteiger charge is 2.28. The minimum Gasteiger partial charge on any atom is -0.312 e. The molecule has 0 saturated carbocycles. The van der Waals surface area contributed by atoms with Gasteiger partial charge < -0.3 is 5.32 Å². The Bertz CT molecular complexity index is 495. The van der Waals surface area contributed by atoms with Crippen LogP contribution in [0.5, 0.6) is 0 Å². The smallest absolute Gasteiger partial charge is 0.137 e. The molecule has 2 rings (SSSR count). The maximum atomic E-state index is 12.3. The van der Waals surface area contributed by atoms with Gasteiger partial charge in [0.2, 0.25) is 0 Å². The third-order valence-electron chi connectivity index (χ3n) is 2.89. The van der Waals surface area contributed by atoms with Gasteiger partial charge >= 0.3 is 0 Å². The summed E-state index contributed by atoms with van der Waals surface area (Å²) in [7, 11) is -2.89. The molecule has 1 saturated heterocycles. The third kappa shape index (κ3) is 2.30. The van der Waals surface area contributed by atoms with Gasteiger partial charge in [0, 0.05) is 19.2 Å². The van der Waals surface area contributed by atoms with E-state index in [0.29, 0.717) is 11.9 Å². The number of aromatic nitrogens is 2. The quantitative estimate of drug-likeness (QED) is 0.761. The molecule has 96 valence electrons. The van der Waals surface area contributed by atoms with Crippen LogP contribution in [0.2, 0.25) is 0 Å². The summed E-state index contributed by atoms with van der Waals surface area (Å²) in [5.41, 5.74) is 0. The normalized spacial score (nSPS) is 20.6. The van der Waals surface area contributed by atoms with Crippen molar-refractivity contribution in [3.05, 3.63) is 12.3 Å². The van der Waals surface area contributed by atoms with E-state index in [1.165, 1.54) is 0 Å². The largest absolute Gasteiger partial charge is 0.312 e. The molecule has 2 heterocycles. The lowest BCUT2D eigenvalue weighted by Crippen LogP contribution is -2.44. The van der Waals surface area contributed by atoms with Crippen LogP contribution in [0.3, 0.4) is 0 Å². The number of rotatable bonds is 3. The fraction of sp³-hybridized carbons (Fsp3) is 0.700. The van der Waals surface area contributed by atoms with E-state index < -0.39 is 14.7 Å². The Labute approximate surface area is 102 Å². The molecule has 0 amide bonds. The summed E-state index contributed by atoms with van der Waals surface area (Å²) in [4.78, 5) is 0. The number of nitrogens with zero attached hydrogens (tertiary/aromatic N) is 2. The van der Waals surface area contributed by atoms with Crippen LogP contribution in [0.15, 0.2) is 12.3 Å². The summed E-state index contributed by atoms with van der Waals surface area (Å²) < 4.78 is 24.2. The molecule has 1 aromatic rings. The van der Waals surface area contributed by atoms with Gasteiger partial charge in [0.1, 0.15) is 15.7 Å². The first-order valence-corrected chi connectivity index (χ1v) is 7.17. The molecule has 1 aliphatic rings. The molecular formula is C10H19N5OS. The predicted molar refractivity (Wildman–Crippen MR) is 68.4 cm³/mol. The molecule has 1 unspecified atom stereocenters. The van der Waals surface area contributed by atoms with Gasteiger partial charge in [-0.25, -0.2) is 13.7 Å². The first kappa shape index (κ1) is 12.4. The van der Waals surface area contributed by atoms with Crippen molar-refractivity contribution in [1.29, 1.82) is 4.78 Å². The van der Waals surface area contributed by atoms with E-state index in [1.54, 1.807) is 37.7 Å². The van der Waals surface area contributed by atoms with Crippen LogP contribution in [0, 0.1) is 4.78 Å². The average molecular weight is 257 g/mol. The Morgan fingerprint density at radius 1 is 1.59 bits per heavy atom. The molecule has 7 heteroatoms. The Morgan fingerprint density at radius 3 is 2.71 bits per heavy atom. The van der Waals surface area contributed by atoms with Gasteiger partial charge in [-0.15, -0.1) is 0 Å². The van der Waals surface area contributed by atoms with Crippen molar-refractivity contribution < 1.29 is 4.21 Å². The van der Waals surface area contributed by atoms with E-state index in [-0.39, 0.29) is 0 Å². The highest BCUT2D eigenvalue weighted by molar-refractivity contribution is 7.95. The second kappa shape index (κ2) is 3.99. The van der Waals surface area contributed by atoms with Gasteiger partial charge in [-0.1, -0.05) is 0 Å². The summed E-state index contributed by atoms with van der Waals surface area (Å²) in [6.45, 7) is 7.11. The predicted octanol–water partition coefficient (Wildman–Crippen LogP) is 1.20. The Morgan fingerprint density at radius 2 is 2.24 bits per heavy atom. The number of anilines is 1. The van der Waals surface area contributed by atoms with Crippen molar-refractivity contribution in [2.75, 3.05) is 17.8 Å². The molecule has 1 aromatic heterocycles. The van der Waals surface area contributed by atoms with Crippen molar-refractivity contribution in [2.45, 2.75) is 31.6 Å². The lowest BCUT2D eigenvalue weighted by atomic mass is 10.2. The van der Waals surface area contributed by atoms with Crippen LogP contribution in [-0.2, 0) is 9.92 Å². The molecule has 1 atom stereocenters. The maximum absolute atomic E-state index is 12.3. The van der Waals surface area contributed by atoms with Gasteiger partial charge in [-0.2, -0.15) is 5.10 Å². The van der Waals surface area contributed by atoms with Crippen LogP contribution in [0.4, 0.5) is 5.82 Å². The standard InChI is InChI=1S/C10H19N5OS/c1-10(2,3)17(11,16)14-9-4-5-13-15(9)8-6-12-7-8/h4-5,8,12H,6-7H2,1-3H3,(H2,11,14,16). The molecule has 6 nitrogen and oxygen atoms in total. The van der Waals surface area contributed by atoms with Gasteiger partial charge in [-0.3, -0.25) is 4.72 Å². The van der Waals surface area contributed by atoms with Crippen LogP contribution < -0.4 is 10.0 Å². The molecule has 0 aliphatic carbocycles. The molecule has 1 aliphatic heterocycles. The monoisotopic (exact) mass is 257 g/mol. The van der Waals surface area contributed by atoms with Crippen molar-refractivity contribution >= 4 is 15.7 Å². The Kier molecular flexibility index (Phi) is 2.90. The fourth-order valence-corrected chi connectivity index (χ4v) is 2.20. The summed E-state index contributed by atoms with van der Waals surface area (Å²) in [6, 6.07) is 2.06. The summed E-state index contributed by atoms with van der Waals surface area (Å²) >= 11 is 0. The molecule has 1 fully saturated rings. The van der Waals surface area contributed by atoms with E-state index in [9.17, 15) is 4.21 Å². The lowest BCUT2D eigenvalue weighted by molar-refractivity contribution is 0.322. The van der Waals surface area contributed by atoms with Gasteiger partial charge in [-0.05, 0) is 20.8 Å². The van der Waals surface area contributed by atoms with Gasteiger partial charge in [0.15, 0.2) is 0 Å². The second-order valence-electron chi connectivity index (χ2n) is 5.24. The minimum absolute atomic E-state index is 0.294. The number of hydrogen-bond acceptors (Lipinski definition) is 4. The summed E-state index contributed by atoms with van der Waals surface area (Å²) in [5, 5.41) is 7.37. The summed E-state index contributed by atoms with van der Waals surface area (Å²) in [6.07, 6.45) is 1.67. The molecule has 0 radical (unpaired) electrons. The van der Waals surface area contributed by atoms with E-state index >= 15 is 0 Å². The third-order valence-corrected chi connectivity index (χ3v) is 5.11. The first-order valence-electron chi connectivity index (χ1n) is 5.61. The summed E-state index contributed by atoms with van der Waals surface area (Å²) in [5.74, 6) is 0.659. The zero-order valence-corrected chi connectivity index (χ0v) is 11.2. The first-order chi connectivity index (χ1) is 7.81. The zero-order chi connectivity index (χ0) is 12.7. The fourth-order valence-electron chi connectivity index (χ4n) is 1.43. The van der Waals surface area contributed by atoms with Crippen molar-refractivity contribution in [1.82, 2.24) is 15.1 Å². The SMILES string of the molecule is CC(C)(C)S(=N)(=O)Nc1ccnn1C1CNC1. The van der Waals surface area contributed by atoms with Gasteiger partial charge in [0.05, 0.1) is 17.0 Å². The number of hydrogen-bond donors (Lipinski definition) is 3. The van der Waals surface area contributed by atoms with E-state index in [2.05, 4.69) is 15.1 Å². The molecule has 3 N–H and O–H groups in total.